The summed E-state index contributed by atoms with van der Waals surface area (Å²) in [6, 6.07) is 11.4. The monoisotopic (exact) mass is 230 g/mol. The van der Waals surface area contributed by atoms with E-state index >= 15 is 0 Å². The van der Waals surface area contributed by atoms with Crippen LogP contribution in [-0.2, 0) is 0 Å². The molecule has 2 nitrogen and oxygen atoms in total. The number of aldehydes is 1. The Morgan fingerprint density at radius 1 is 1.06 bits per heavy atom. The quantitative estimate of drug-likeness (QED) is 0.756. The summed E-state index contributed by atoms with van der Waals surface area (Å²) in [5, 5.41) is 0. The summed E-state index contributed by atoms with van der Waals surface area (Å²) in [7, 11) is 1.49. The highest BCUT2D eigenvalue weighted by molar-refractivity contribution is 5.77. The molecule has 3 heteroatoms. The molecule has 0 bridgehead atoms. The third kappa shape index (κ3) is 2.50. The number of carbonyl (C=O) groups excluding carboxylic acids is 1. The first kappa shape index (κ1) is 11.3. The first-order valence-electron chi connectivity index (χ1n) is 5.13. The number of hydrogen-bond acceptors (Lipinski definition) is 2. The summed E-state index contributed by atoms with van der Waals surface area (Å²) < 4.78 is 18.3. The molecule has 0 heterocycles. The van der Waals surface area contributed by atoms with Gasteiger partial charge in [0.1, 0.15) is 17.9 Å². The van der Waals surface area contributed by atoms with E-state index < -0.39 is 0 Å². The number of carbonyl (C=O) groups is 1. The molecule has 0 aliphatic carbocycles. The number of ether oxygens (including phenoxy) is 1. The van der Waals surface area contributed by atoms with Crippen LogP contribution in [0.2, 0.25) is 0 Å². The van der Waals surface area contributed by atoms with Crippen molar-refractivity contribution >= 4 is 6.29 Å². The van der Waals surface area contributed by atoms with Crippen molar-refractivity contribution in [1.82, 2.24) is 0 Å². The molecule has 0 amide bonds. The Morgan fingerprint density at radius 2 is 1.76 bits per heavy atom. The number of halogens is 1. The fourth-order valence-corrected chi connectivity index (χ4v) is 1.60. The molecule has 0 unspecified atom stereocenters. The molecular weight excluding hydrogens is 219 g/mol. The van der Waals surface area contributed by atoms with Crippen LogP contribution in [0.1, 0.15) is 10.4 Å². The normalized spacial score (nSPS) is 10.0. The molecule has 0 saturated carbocycles. The molecule has 86 valence electrons. The Labute approximate surface area is 98.7 Å². The van der Waals surface area contributed by atoms with Gasteiger partial charge >= 0.3 is 0 Å². The van der Waals surface area contributed by atoms with E-state index in [0.29, 0.717) is 11.3 Å². The van der Waals surface area contributed by atoms with Gasteiger partial charge in [0.15, 0.2) is 0 Å². The van der Waals surface area contributed by atoms with Crippen LogP contribution < -0.4 is 4.74 Å². The Bertz CT molecular complexity index is 532. The maximum Gasteiger partial charge on any atom is 0.150 e. The van der Waals surface area contributed by atoms with Crippen molar-refractivity contribution in [3.8, 4) is 16.9 Å². The van der Waals surface area contributed by atoms with E-state index in [1.54, 1.807) is 30.3 Å². The lowest BCUT2D eigenvalue weighted by molar-refractivity contribution is 0.112. The second kappa shape index (κ2) is 4.78. The highest BCUT2D eigenvalue weighted by atomic mass is 19.1. The molecule has 0 spiro atoms. The van der Waals surface area contributed by atoms with Gasteiger partial charge in [-0.15, -0.1) is 0 Å². The summed E-state index contributed by atoms with van der Waals surface area (Å²) in [4.78, 5) is 10.5. The summed E-state index contributed by atoms with van der Waals surface area (Å²) in [6.45, 7) is 0. The first-order chi connectivity index (χ1) is 8.22. The van der Waals surface area contributed by atoms with Crippen molar-refractivity contribution in [2.75, 3.05) is 7.11 Å². The van der Waals surface area contributed by atoms with E-state index in [1.807, 2.05) is 0 Å². The zero-order chi connectivity index (χ0) is 12.3. The van der Waals surface area contributed by atoms with Crippen molar-refractivity contribution in [3.05, 3.63) is 53.8 Å². The van der Waals surface area contributed by atoms with Crippen LogP contribution in [0, 0.1) is 5.82 Å². The summed E-state index contributed by atoms with van der Waals surface area (Å²) in [6.07, 6.45) is 0.774. The van der Waals surface area contributed by atoms with Gasteiger partial charge in [-0.05, 0) is 23.3 Å². The maximum absolute atomic E-state index is 13.3. The average molecular weight is 230 g/mol. The van der Waals surface area contributed by atoms with Crippen LogP contribution >= 0.6 is 0 Å². The zero-order valence-corrected chi connectivity index (χ0v) is 9.31. The minimum atomic E-state index is -0.348. The third-order valence-corrected chi connectivity index (χ3v) is 2.49. The molecule has 0 aliphatic rings. The number of rotatable bonds is 3. The zero-order valence-electron chi connectivity index (χ0n) is 9.31. The van der Waals surface area contributed by atoms with Crippen LogP contribution in [0.25, 0.3) is 11.1 Å². The predicted octanol–water partition coefficient (Wildman–Crippen LogP) is 3.31. The summed E-state index contributed by atoms with van der Waals surface area (Å²) >= 11 is 0. The van der Waals surface area contributed by atoms with Crippen LogP contribution in [0.3, 0.4) is 0 Å². The molecule has 2 aromatic rings. The number of benzene rings is 2. The summed E-state index contributed by atoms with van der Waals surface area (Å²) in [5.41, 5.74) is 2.16. The van der Waals surface area contributed by atoms with Crippen LogP contribution in [0.4, 0.5) is 4.39 Å². The fourth-order valence-electron chi connectivity index (χ4n) is 1.60. The molecule has 0 radical (unpaired) electrons. The number of hydrogen-bond donors (Lipinski definition) is 0. The number of methoxy groups -OCH3 is 1. The minimum absolute atomic E-state index is 0.348. The van der Waals surface area contributed by atoms with Crippen LogP contribution in [-0.4, -0.2) is 13.4 Å². The van der Waals surface area contributed by atoms with Gasteiger partial charge in [-0.2, -0.15) is 0 Å². The molecule has 17 heavy (non-hydrogen) atoms. The van der Waals surface area contributed by atoms with Crippen molar-refractivity contribution in [1.29, 1.82) is 0 Å². The van der Waals surface area contributed by atoms with E-state index in [4.69, 9.17) is 4.74 Å². The Hall–Kier alpha value is -2.16. The Kier molecular flexibility index (Phi) is 3.19. The van der Waals surface area contributed by atoms with Crippen molar-refractivity contribution in [3.63, 3.8) is 0 Å². The largest absolute Gasteiger partial charge is 0.497 e. The highest BCUT2D eigenvalue weighted by Crippen LogP contribution is 2.25. The fraction of sp³-hybridized carbons (Fsp3) is 0.0714. The van der Waals surface area contributed by atoms with Crippen molar-refractivity contribution < 1.29 is 13.9 Å². The van der Waals surface area contributed by atoms with Gasteiger partial charge in [-0.25, -0.2) is 4.39 Å². The summed E-state index contributed by atoms with van der Waals surface area (Å²) in [5.74, 6) is 0.123. The Balaban J connectivity index is 2.44. The van der Waals surface area contributed by atoms with E-state index in [0.717, 1.165) is 17.4 Å². The lowest BCUT2D eigenvalue weighted by Gasteiger charge is -2.05. The molecule has 0 fully saturated rings. The van der Waals surface area contributed by atoms with Gasteiger partial charge in [0, 0.05) is 11.6 Å². The van der Waals surface area contributed by atoms with Gasteiger partial charge in [0.25, 0.3) is 0 Å². The molecule has 0 atom stereocenters. The predicted molar refractivity (Wildman–Crippen MR) is 63.8 cm³/mol. The molecule has 0 aromatic heterocycles. The first-order valence-corrected chi connectivity index (χ1v) is 5.13. The lowest BCUT2D eigenvalue weighted by Crippen LogP contribution is -1.87. The topological polar surface area (TPSA) is 26.3 Å². The van der Waals surface area contributed by atoms with Crippen LogP contribution in [0.15, 0.2) is 42.5 Å². The molecule has 0 aliphatic heterocycles. The van der Waals surface area contributed by atoms with Crippen molar-refractivity contribution in [2.45, 2.75) is 0 Å². The molecule has 2 aromatic carbocycles. The highest BCUT2D eigenvalue weighted by Gasteiger charge is 2.03. The lowest BCUT2D eigenvalue weighted by atomic mass is 10.0. The molecule has 2 rings (SSSR count). The average Bonchev–Trinajstić information content (AvgIpc) is 2.38. The van der Waals surface area contributed by atoms with Gasteiger partial charge in [-0.3, -0.25) is 4.79 Å². The van der Waals surface area contributed by atoms with Crippen LogP contribution in [0.5, 0.6) is 5.75 Å². The molecule has 0 saturated heterocycles. The van der Waals surface area contributed by atoms with E-state index in [2.05, 4.69) is 0 Å². The van der Waals surface area contributed by atoms with Gasteiger partial charge in [0.2, 0.25) is 0 Å². The van der Waals surface area contributed by atoms with Crippen molar-refractivity contribution in [2.24, 2.45) is 0 Å². The standard InChI is InChI=1S/C14H11FO2/c1-17-14-7-12(6-13(15)8-14)11-4-2-10(9-16)3-5-11/h2-9H,1H3. The third-order valence-electron chi connectivity index (χ3n) is 2.49. The smallest absolute Gasteiger partial charge is 0.150 e. The second-order valence-electron chi connectivity index (χ2n) is 3.62. The minimum Gasteiger partial charge on any atom is -0.497 e. The molecule has 0 N–H and O–H groups in total. The van der Waals surface area contributed by atoms with Gasteiger partial charge < -0.3 is 4.74 Å². The van der Waals surface area contributed by atoms with Gasteiger partial charge in [0.05, 0.1) is 7.11 Å². The van der Waals surface area contributed by atoms with Gasteiger partial charge in [-0.1, -0.05) is 24.3 Å². The Morgan fingerprint density at radius 3 is 2.35 bits per heavy atom. The SMILES string of the molecule is COc1cc(F)cc(-c2ccc(C=O)cc2)c1. The van der Waals surface area contributed by atoms with E-state index in [-0.39, 0.29) is 5.82 Å². The van der Waals surface area contributed by atoms with E-state index in [1.165, 1.54) is 19.2 Å². The van der Waals surface area contributed by atoms with E-state index in [9.17, 15) is 9.18 Å². The second-order valence-corrected chi connectivity index (χ2v) is 3.62. The maximum atomic E-state index is 13.3. The molecular formula is C14H11FO2.